The number of ether oxygens (including phenoxy) is 2. The first-order chi connectivity index (χ1) is 13.3. The Kier molecular flexibility index (Phi) is 6.65. The van der Waals surface area contributed by atoms with Crippen LogP contribution in [0.5, 0.6) is 0 Å². The highest BCUT2D eigenvalue weighted by Crippen LogP contribution is 2.38. The molecule has 1 saturated heterocycles. The summed E-state index contributed by atoms with van der Waals surface area (Å²) < 4.78 is 17.9. The van der Waals surface area contributed by atoms with Crippen LogP contribution in [0.15, 0.2) is 60.7 Å². The molecule has 2 aromatic carbocycles. The summed E-state index contributed by atoms with van der Waals surface area (Å²) in [5.41, 5.74) is -0.147. The van der Waals surface area contributed by atoms with Crippen molar-refractivity contribution >= 4 is 36.4 Å². The van der Waals surface area contributed by atoms with Gasteiger partial charge in [0.15, 0.2) is 0 Å². The molecular formula is C22H28O4SSi. The second-order valence-electron chi connectivity index (χ2n) is 7.91. The van der Waals surface area contributed by atoms with E-state index >= 15 is 0 Å². The molecule has 0 N–H and O–H groups in total. The Morgan fingerprint density at radius 2 is 1.61 bits per heavy atom. The Balaban J connectivity index is 1.90. The number of rotatable bonds is 6. The summed E-state index contributed by atoms with van der Waals surface area (Å²) in [5.74, 6) is 0.313. The quantitative estimate of drug-likeness (QED) is 0.532. The molecule has 6 heteroatoms. The maximum absolute atomic E-state index is 11.2. The van der Waals surface area contributed by atoms with Gasteiger partial charge in [-0.05, 0) is 15.4 Å². The van der Waals surface area contributed by atoms with Gasteiger partial charge in [-0.15, -0.1) is 11.8 Å². The zero-order valence-electron chi connectivity index (χ0n) is 16.9. The van der Waals surface area contributed by atoms with Crippen LogP contribution in [0.1, 0.15) is 27.7 Å². The van der Waals surface area contributed by atoms with Gasteiger partial charge in [0.2, 0.25) is 6.29 Å². The van der Waals surface area contributed by atoms with Crippen LogP contribution in [0.4, 0.5) is 0 Å². The fourth-order valence-corrected chi connectivity index (χ4v) is 9.29. The minimum atomic E-state index is -2.57. The lowest BCUT2D eigenvalue weighted by Gasteiger charge is -2.43. The van der Waals surface area contributed by atoms with Crippen molar-refractivity contribution in [3.63, 3.8) is 0 Å². The van der Waals surface area contributed by atoms with E-state index in [-0.39, 0.29) is 16.4 Å². The normalized spacial score (nSPS) is 20.1. The van der Waals surface area contributed by atoms with Crippen LogP contribution in [0.3, 0.4) is 0 Å². The maximum atomic E-state index is 11.2. The third kappa shape index (κ3) is 4.51. The number of thioether (sulfide) groups is 1. The fourth-order valence-electron chi connectivity index (χ4n) is 3.72. The molecule has 1 aliphatic heterocycles. The van der Waals surface area contributed by atoms with E-state index in [0.29, 0.717) is 12.4 Å². The van der Waals surface area contributed by atoms with Crippen LogP contribution >= 0.6 is 11.8 Å². The van der Waals surface area contributed by atoms with E-state index in [1.165, 1.54) is 17.3 Å². The van der Waals surface area contributed by atoms with Gasteiger partial charge in [0, 0.05) is 6.92 Å². The van der Waals surface area contributed by atoms with Gasteiger partial charge in [-0.2, -0.15) is 0 Å². The van der Waals surface area contributed by atoms with E-state index in [1.54, 1.807) is 11.8 Å². The Hall–Kier alpha value is -1.60. The molecule has 1 fully saturated rings. The molecule has 0 amide bonds. The first-order valence-electron chi connectivity index (χ1n) is 9.52. The highest BCUT2D eigenvalue weighted by molar-refractivity contribution is 8.00. The Morgan fingerprint density at radius 3 is 2.07 bits per heavy atom. The summed E-state index contributed by atoms with van der Waals surface area (Å²) in [6, 6.07) is 21.1. The molecule has 2 atom stereocenters. The van der Waals surface area contributed by atoms with Crippen molar-refractivity contribution in [3.05, 3.63) is 60.7 Å². The summed E-state index contributed by atoms with van der Waals surface area (Å²) in [7, 11) is -2.57. The lowest BCUT2D eigenvalue weighted by Crippen LogP contribution is -2.67. The maximum Gasteiger partial charge on any atom is 0.304 e. The molecular weight excluding hydrogens is 388 g/mol. The molecule has 150 valence electrons. The highest BCUT2D eigenvalue weighted by atomic mass is 32.2. The van der Waals surface area contributed by atoms with Gasteiger partial charge in [-0.25, -0.2) is 0 Å². The van der Waals surface area contributed by atoms with Gasteiger partial charge in [-0.1, -0.05) is 81.4 Å². The van der Waals surface area contributed by atoms with Crippen molar-refractivity contribution in [2.24, 2.45) is 0 Å². The van der Waals surface area contributed by atoms with Crippen LogP contribution in [-0.2, 0) is 18.7 Å². The van der Waals surface area contributed by atoms with E-state index in [4.69, 9.17) is 13.9 Å². The van der Waals surface area contributed by atoms with Gasteiger partial charge in [0.1, 0.15) is 5.44 Å². The minimum Gasteiger partial charge on any atom is -0.435 e. The number of hydrogen-bond donors (Lipinski definition) is 0. The summed E-state index contributed by atoms with van der Waals surface area (Å²) in [6.07, 6.45) is -0.491. The molecule has 0 bridgehead atoms. The average Bonchev–Trinajstić information content (AvgIpc) is 3.09. The van der Waals surface area contributed by atoms with Gasteiger partial charge < -0.3 is 13.9 Å². The van der Waals surface area contributed by atoms with Crippen molar-refractivity contribution < 1.29 is 18.7 Å². The molecule has 28 heavy (non-hydrogen) atoms. The highest BCUT2D eigenvalue weighted by Gasteiger charge is 2.50. The van der Waals surface area contributed by atoms with E-state index < -0.39 is 14.6 Å². The Morgan fingerprint density at radius 1 is 1.07 bits per heavy atom. The predicted octanol–water partition coefficient (Wildman–Crippen LogP) is 3.54. The summed E-state index contributed by atoms with van der Waals surface area (Å²) in [5, 5.41) is 2.41. The van der Waals surface area contributed by atoms with Gasteiger partial charge in [0.25, 0.3) is 8.32 Å². The van der Waals surface area contributed by atoms with E-state index in [0.717, 1.165) is 0 Å². The summed E-state index contributed by atoms with van der Waals surface area (Å²) >= 11 is 1.63. The number of carbonyl (C=O) groups excluding carboxylic acids is 1. The van der Waals surface area contributed by atoms with Gasteiger partial charge in [0.05, 0.1) is 12.4 Å². The van der Waals surface area contributed by atoms with Crippen LogP contribution in [-0.4, -0.2) is 38.4 Å². The zero-order valence-corrected chi connectivity index (χ0v) is 18.7. The standard InChI is InChI=1S/C22H28O4SSi/c1-17(23)25-20-16-27-21(26-20)15-24-28(22(2,3)4,18-11-7-5-8-12-18)19-13-9-6-10-14-19/h5-14,20-21H,15-16H2,1-4H3/t20-,21?/m1/s1. The lowest BCUT2D eigenvalue weighted by molar-refractivity contribution is -0.171. The van der Waals surface area contributed by atoms with Crippen LogP contribution < -0.4 is 10.4 Å². The largest absolute Gasteiger partial charge is 0.435 e. The van der Waals surface area contributed by atoms with E-state index in [9.17, 15) is 4.79 Å². The molecule has 0 aromatic heterocycles. The van der Waals surface area contributed by atoms with Crippen molar-refractivity contribution in [2.45, 2.75) is 44.5 Å². The minimum absolute atomic E-state index is 0.0751. The Bertz CT molecular complexity index is 737. The molecule has 0 aliphatic carbocycles. The number of carbonyl (C=O) groups is 1. The molecule has 1 heterocycles. The average molecular weight is 417 g/mol. The molecule has 0 spiro atoms. The van der Waals surface area contributed by atoms with Gasteiger partial charge >= 0.3 is 5.97 Å². The van der Waals surface area contributed by atoms with E-state index in [1.807, 2.05) is 12.1 Å². The third-order valence-corrected chi connectivity index (χ3v) is 11.0. The molecule has 1 aliphatic rings. The second-order valence-corrected chi connectivity index (χ2v) is 13.4. The number of esters is 1. The molecule has 2 aromatic rings. The van der Waals surface area contributed by atoms with Crippen molar-refractivity contribution in [1.29, 1.82) is 0 Å². The molecule has 3 rings (SSSR count). The molecule has 0 radical (unpaired) electrons. The van der Waals surface area contributed by atoms with Crippen molar-refractivity contribution in [2.75, 3.05) is 12.4 Å². The topological polar surface area (TPSA) is 44.8 Å². The Labute approximate surface area is 172 Å². The zero-order chi connectivity index (χ0) is 20.2. The first kappa shape index (κ1) is 21.1. The van der Waals surface area contributed by atoms with E-state index in [2.05, 4.69) is 69.3 Å². The van der Waals surface area contributed by atoms with Crippen LogP contribution in [0.2, 0.25) is 5.04 Å². The van der Waals surface area contributed by atoms with Crippen molar-refractivity contribution in [1.82, 2.24) is 0 Å². The summed E-state index contributed by atoms with van der Waals surface area (Å²) in [4.78, 5) is 11.2. The monoisotopic (exact) mass is 416 g/mol. The third-order valence-electron chi connectivity index (χ3n) is 4.87. The van der Waals surface area contributed by atoms with Crippen LogP contribution in [0.25, 0.3) is 0 Å². The second kappa shape index (κ2) is 8.82. The molecule has 1 unspecified atom stereocenters. The van der Waals surface area contributed by atoms with Gasteiger partial charge in [-0.3, -0.25) is 4.79 Å². The van der Waals surface area contributed by atoms with Crippen LogP contribution in [0, 0.1) is 0 Å². The lowest BCUT2D eigenvalue weighted by atomic mass is 10.2. The SMILES string of the molecule is CC(=O)O[C@H]1CSC(CO[Si](c2ccccc2)(c2ccccc2)C(C)(C)C)O1. The molecule has 4 nitrogen and oxygen atoms in total. The number of benzene rings is 2. The number of hydrogen-bond acceptors (Lipinski definition) is 5. The first-order valence-corrected chi connectivity index (χ1v) is 12.5. The molecule has 0 saturated carbocycles. The fraction of sp³-hybridized carbons (Fsp3) is 0.409. The predicted molar refractivity (Wildman–Crippen MR) is 116 cm³/mol. The smallest absolute Gasteiger partial charge is 0.304 e. The summed E-state index contributed by atoms with van der Waals surface area (Å²) in [6.45, 7) is 8.62. The van der Waals surface area contributed by atoms with Crippen molar-refractivity contribution in [3.8, 4) is 0 Å².